The highest BCUT2D eigenvalue weighted by Crippen LogP contribution is 2.23. The SMILES string of the molecule is CC(=O)Nc1ccc(CN(Cc2ccc(F)cc2)Cc2cccc(Oc3ccccc3)c2)cc1. The van der Waals surface area contributed by atoms with Gasteiger partial charge in [-0.05, 0) is 65.2 Å². The van der Waals surface area contributed by atoms with Gasteiger partial charge in [-0.25, -0.2) is 4.39 Å². The third-order valence-electron chi connectivity index (χ3n) is 5.28. The second kappa shape index (κ2) is 11.3. The second-order valence-electron chi connectivity index (χ2n) is 8.21. The fraction of sp³-hybridized carbons (Fsp3) is 0.138. The van der Waals surface area contributed by atoms with E-state index in [1.165, 1.54) is 19.1 Å². The lowest BCUT2D eigenvalue weighted by atomic mass is 10.1. The number of carbonyl (C=O) groups is 1. The van der Waals surface area contributed by atoms with Crippen LogP contribution in [0.2, 0.25) is 0 Å². The number of nitrogens with zero attached hydrogens (tertiary/aromatic N) is 1. The van der Waals surface area contributed by atoms with Crippen LogP contribution in [0.5, 0.6) is 11.5 Å². The lowest BCUT2D eigenvalue weighted by molar-refractivity contribution is -0.114. The van der Waals surface area contributed by atoms with Crippen LogP contribution in [-0.2, 0) is 24.4 Å². The van der Waals surface area contributed by atoms with Crippen LogP contribution in [0.3, 0.4) is 0 Å². The maximum Gasteiger partial charge on any atom is 0.221 e. The number of benzene rings is 4. The molecule has 4 aromatic rings. The van der Waals surface area contributed by atoms with Crippen molar-refractivity contribution in [2.75, 3.05) is 5.32 Å². The third-order valence-corrected chi connectivity index (χ3v) is 5.28. The predicted molar refractivity (Wildman–Crippen MR) is 133 cm³/mol. The summed E-state index contributed by atoms with van der Waals surface area (Å²) < 4.78 is 19.4. The van der Waals surface area contributed by atoms with Gasteiger partial charge >= 0.3 is 0 Å². The Morgan fingerprint density at radius 2 is 1.32 bits per heavy atom. The molecule has 0 radical (unpaired) electrons. The van der Waals surface area contributed by atoms with E-state index in [4.69, 9.17) is 4.74 Å². The number of rotatable bonds is 9. The Balaban J connectivity index is 1.51. The number of carbonyl (C=O) groups excluding carboxylic acids is 1. The minimum atomic E-state index is -0.241. The zero-order valence-electron chi connectivity index (χ0n) is 19.1. The maximum absolute atomic E-state index is 13.4. The van der Waals surface area contributed by atoms with E-state index >= 15 is 0 Å². The summed E-state index contributed by atoms with van der Waals surface area (Å²) in [6, 6.07) is 32.2. The number of hydrogen-bond acceptors (Lipinski definition) is 3. The van der Waals surface area contributed by atoms with Crippen LogP contribution in [0.4, 0.5) is 10.1 Å². The van der Waals surface area contributed by atoms with Crippen LogP contribution in [0, 0.1) is 5.82 Å². The first-order chi connectivity index (χ1) is 16.5. The van der Waals surface area contributed by atoms with Crippen molar-refractivity contribution in [2.24, 2.45) is 0 Å². The highest BCUT2D eigenvalue weighted by molar-refractivity contribution is 5.88. The molecule has 0 heterocycles. The molecule has 1 amide bonds. The molecular weight excluding hydrogens is 427 g/mol. The Bertz CT molecular complexity index is 1210. The summed E-state index contributed by atoms with van der Waals surface area (Å²) in [4.78, 5) is 13.6. The van der Waals surface area contributed by atoms with Gasteiger partial charge in [-0.15, -0.1) is 0 Å². The van der Waals surface area contributed by atoms with E-state index in [2.05, 4.69) is 16.3 Å². The van der Waals surface area contributed by atoms with Crippen molar-refractivity contribution in [2.45, 2.75) is 26.6 Å². The molecule has 0 saturated carbocycles. The Kier molecular flexibility index (Phi) is 7.68. The summed E-state index contributed by atoms with van der Waals surface area (Å²) in [5.41, 5.74) is 4.04. The molecule has 0 aliphatic carbocycles. The largest absolute Gasteiger partial charge is 0.457 e. The van der Waals surface area contributed by atoms with Gasteiger partial charge in [0.25, 0.3) is 0 Å². The molecule has 0 bridgehead atoms. The normalized spacial score (nSPS) is 10.8. The topological polar surface area (TPSA) is 41.6 Å². The zero-order valence-corrected chi connectivity index (χ0v) is 19.1. The Labute approximate surface area is 199 Å². The molecule has 0 fully saturated rings. The number of ether oxygens (including phenoxy) is 1. The van der Waals surface area contributed by atoms with Gasteiger partial charge in [0.05, 0.1) is 0 Å². The molecule has 4 nitrogen and oxygen atoms in total. The zero-order chi connectivity index (χ0) is 23.8. The molecule has 34 heavy (non-hydrogen) atoms. The fourth-order valence-corrected chi connectivity index (χ4v) is 3.76. The smallest absolute Gasteiger partial charge is 0.221 e. The van der Waals surface area contributed by atoms with E-state index in [1.54, 1.807) is 0 Å². The van der Waals surface area contributed by atoms with Crippen molar-refractivity contribution >= 4 is 11.6 Å². The van der Waals surface area contributed by atoms with Crippen molar-refractivity contribution in [1.82, 2.24) is 4.90 Å². The molecule has 0 aromatic heterocycles. The van der Waals surface area contributed by atoms with Crippen LogP contribution in [-0.4, -0.2) is 10.8 Å². The average molecular weight is 455 g/mol. The number of amides is 1. The molecule has 0 saturated heterocycles. The molecule has 1 N–H and O–H groups in total. The number of para-hydroxylation sites is 1. The summed E-state index contributed by atoms with van der Waals surface area (Å²) in [5.74, 6) is 1.24. The lowest BCUT2D eigenvalue weighted by Crippen LogP contribution is -2.22. The van der Waals surface area contributed by atoms with Crippen LogP contribution in [0.15, 0.2) is 103 Å². The van der Waals surface area contributed by atoms with Gasteiger partial charge < -0.3 is 10.1 Å². The molecule has 0 aliphatic rings. The number of anilines is 1. The van der Waals surface area contributed by atoms with Crippen molar-refractivity contribution in [3.8, 4) is 11.5 Å². The van der Waals surface area contributed by atoms with Crippen LogP contribution >= 0.6 is 0 Å². The number of halogens is 1. The van der Waals surface area contributed by atoms with Crippen LogP contribution < -0.4 is 10.1 Å². The van der Waals surface area contributed by atoms with E-state index < -0.39 is 0 Å². The van der Waals surface area contributed by atoms with E-state index in [-0.39, 0.29) is 11.7 Å². The van der Waals surface area contributed by atoms with Gasteiger partial charge in [-0.3, -0.25) is 9.69 Å². The number of hydrogen-bond donors (Lipinski definition) is 1. The van der Waals surface area contributed by atoms with Crippen LogP contribution in [0.1, 0.15) is 23.6 Å². The minimum absolute atomic E-state index is 0.0942. The van der Waals surface area contributed by atoms with Crippen molar-refractivity contribution < 1.29 is 13.9 Å². The highest BCUT2D eigenvalue weighted by Gasteiger charge is 2.10. The molecule has 0 unspecified atom stereocenters. The van der Waals surface area contributed by atoms with Crippen molar-refractivity contribution in [1.29, 1.82) is 0 Å². The van der Waals surface area contributed by atoms with E-state index in [9.17, 15) is 9.18 Å². The quantitative estimate of drug-likeness (QED) is 0.303. The molecular formula is C29H27FN2O2. The molecule has 0 aliphatic heterocycles. The Morgan fingerprint density at radius 1 is 0.735 bits per heavy atom. The summed E-state index contributed by atoms with van der Waals surface area (Å²) in [5, 5.41) is 2.79. The molecule has 172 valence electrons. The monoisotopic (exact) mass is 454 g/mol. The molecule has 0 spiro atoms. The van der Waals surface area contributed by atoms with Crippen molar-refractivity contribution in [3.05, 3.63) is 126 Å². The van der Waals surface area contributed by atoms with Gasteiger partial charge in [-0.2, -0.15) is 0 Å². The van der Waals surface area contributed by atoms with Gasteiger partial charge in [0, 0.05) is 32.2 Å². The molecule has 4 rings (SSSR count). The Hall–Kier alpha value is -3.96. The van der Waals surface area contributed by atoms with Gasteiger partial charge in [0.1, 0.15) is 17.3 Å². The van der Waals surface area contributed by atoms with Gasteiger partial charge in [0.15, 0.2) is 0 Å². The van der Waals surface area contributed by atoms with Gasteiger partial charge in [-0.1, -0.05) is 54.6 Å². The fourth-order valence-electron chi connectivity index (χ4n) is 3.76. The van der Waals surface area contributed by atoms with Crippen LogP contribution in [0.25, 0.3) is 0 Å². The first-order valence-corrected chi connectivity index (χ1v) is 11.2. The minimum Gasteiger partial charge on any atom is -0.457 e. The first kappa shape index (κ1) is 23.2. The van der Waals surface area contributed by atoms with Gasteiger partial charge in [0.2, 0.25) is 5.91 Å². The molecule has 5 heteroatoms. The van der Waals surface area contributed by atoms with E-state index in [0.717, 1.165) is 33.9 Å². The third kappa shape index (κ3) is 7.02. The summed E-state index contributed by atoms with van der Waals surface area (Å²) in [7, 11) is 0. The predicted octanol–water partition coefficient (Wildman–Crippen LogP) is 6.78. The Morgan fingerprint density at radius 3 is 1.97 bits per heavy atom. The van der Waals surface area contributed by atoms with Crippen molar-refractivity contribution in [3.63, 3.8) is 0 Å². The summed E-state index contributed by atoms with van der Waals surface area (Å²) in [6.45, 7) is 3.55. The standard InChI is InChI=1S/C29H27FN2O2/c1-22(33)31-27-16-12-24(13-17-27)20-32(19-23-10-14-26(30)15-11-23)21-25-6-5-9-29(18-25)34-28-7-3-2-4-8-28/h2-18H,19-21H2,1H3,(H,31,33). The summed E-state index contributed by atoms with van der Waals surface area (Å²) >= 11 is 0. The van der Waals surface area contributed by atoms with E-state index in [0.29, 0.717) is 19.6 Å². The molecule has 4 aromatic carbocycles. The summed E-state index contributed by atoms with van der Waals surface area (Å²) in [6.07, 6.45) is 0. The average Bonchev–Trinajstić information content (AvgIpc) is 2.82. The lowest BCUT2D eigenvalue weighted by Gasteiger charge is -2.23. The van der Waals surface area contributed by atoms with E-state index in [1.807, 2.05) is 84.9 Å². The maximum atomic E-state index is 13.4. The highest BCUT2D eigenvalue weighted by atomic mass is 19.1. The number of nitrogens with one attached hydrogen (secondary N) is 1. The first-order valence-electron chi connectivity index (χ1n) is 11.2. The second-order valence-corrected chi connectivity index (χ2v) is 8.21. The molecule has 0 atom stereocenters.